The number of carbonyl (C=O) groups is 3. The molecule has 0 atom stereocenters. The number of pyridine rings is 2. The highest BCUT2D eigenvalue weighted by atomic mass is 32.1. The molecule has 3 rings (SSSR count). The minimum absolute atomic E-state index is 0.117. The fraction of sp³-hybridized carbons (Fsp3) is 0.318. The van der Waals surface area contributed by atoms with E-state index in [4.69, 9.17) is 0 Å². The molecule has 0 aliphatic rings. The molecule has 3 aromatic heterocycles. The number of nitrogens with zero attached hydrogens (tertiary/aromatic N) is 2. The van der Waals surface area contributed by atoms with Gasteiger partial charge in [0.25, 0.3) is 0 Å². The molecule has 0 N–H and O–H groups in total. The van der Waals surface area contributed by atoms with Crippen LogP contribution in [-0.2, 0) is 14.3 Å². The molecule has 0 fully saturated rings. The van der Waals surface area contributed by atoms with Crippen molar-refractivity contribution in [2.45, 2.75) is 27.7 Å². The molecule has 0 bridgehead atoms. The Morgan fingerprint density at radius 1 is 1.06 bits per heavy atom. The molecule has 172 valence electrons. The second-order valence-electron chi connectivity index (χ2n) is 6.50. The minimum atomic E-state index is -0.514. The molecule has 7 nitrogen and oxygen atoms in total. The van der Waals surface area contributed by atoms with Gasteiger partial charge >= 0.3 is 11.9 Å². The summed E-state index contributed by atoms with van der Waals surface area (Å²) in [6.45, 7) is 7.43. The smallest absolute Gasteiger partial charge is 0.348 e. The summed E-state index contributed by atoms with van der Waals surface area (Å²) in [5.74, 6) is -0.940. The maximum atomic E-state index is 13.0. The minimum Gasteiger partial charge on any atom is -0.468 e. The van der Waals surface area contributed by atoms with Crippen LogP contribution in [0.5, 0.6) is 0 Å². The van der Waals surface area contributed by atoms with Gasteiger partial charge in [0.05, 0.1) is 30.2 Å². The molecule has 0 saturated carbocycles. The van der Waals surface area contributed by atoms with E-state index in [2.05, 4.69) is 32.1 Å². The van der Waals surface area contributed by atoms with Crippen LogP contribution in [-0.4, -0.2) is 48.2 Å². The first-order chi connectivity index (χ1) is 15.1. The summed E-state index contributed by atoms with van der Waals surface area (Å²) in [6.07, 6.45) is 3.73. The van der Waals surface area contributed by atoms with E-state index in [0.29, 0.717) is 16.7 Å². The van der Waals surface area contributed by atoms with Crippen LogP contribution < -0.4 is 0 Å². The van der Waals surface area contributed by atoms with E-state index in [-0.39, 0.29) is 23.4 Å². The van der Waals surface area contributed by atoms with Crippen molar-refractivity contribution in [2.24, 2.45) is 0 Å². The van der Waals surface area contributed by atoms with Gasteiger partial charge in [0.2, 0.25) is 0 Å². The van der Waals surface area contributed by atoms with Crippen LogP contribution >= 0.6 is 24.0 Å². The monoisotopic (exact) mass is 480 g/mol. The van der Waals surface area contributed by atoms with Gasteiger partial charge in [0, 0.05) is 12.4 Å². The Bertz CT molecular complexity index is 1110. The van der Waals surface area contributed by atoms with Crippen molar-refractivity contribution in [1.29, 1.82) is 0 Å². The molecule has 0 aromatic carbocycles. The third-order valence-corrected chi connectivity index (χ3v) is 5.92. The molecule has 0 saturated heterocycles. The molecule has 10 heteroatoms. The van der Waals surface area contributed by atoms with Crippen molar-refractivity contribution in [2.75, 3.05) is 20.0 Å². The molecule has 0 aliphatic heterocycles. The van der Waals surface area contributed by atoms with Gasteiger partial charge in [-0.3, -0.25) is 19.6 Å². The number of aryl methyl sites for hydroxylation is 3. The van der Waals surface area contributed by atoms with E-state index in [1.54, 1.807) is 19.9 Å². The number of thiophene rings is 1. The number of aromatic nitrogens is 2. The summed E-state index contributed by atoms with van der Waals surface area (Å²) in [6, 6.07) is 1.78. The molecule has 0 radical (unpaired) electrons. The standard InChI is InChI=1S/C11H11NO2S.C8H8FNO.C3H6O2S/c1-6-5-12-8-4-9(11(13)14-3)15-10(8)7(6)2;1-5-3-10-7(4-11)8(9)6(5)2;1-5-3(4)2-6/h4-5H,1-3H3;3-4H,1-2H3;6H,2H2,1H3. The SMILES string of the molecule is COC(=O)CS.COC(=O)c1cc2ncc(C)c(C)c2s1.Cc1cnc(C=O)c(F)c1C. The van der Waals surface area contributed by atoms with E-state index < -0.39 is 5.82 Å². The average Bonchev–Trinajstić information content (AvgIpc) is 3.25. The van der Waals surface area contributed by atoms with Crippen molar-refractivity contribution >= 4 is 52.4 Å². The third-order valence-electron chi connectivity index (χ3n) is 4.44. The first-order valence-corrected chi connectivity index (χ1v) is 10.7. The van der Waals surface area contributed by atoms with Crippen LogP contribution in [0.25, 0.3) is 10.2 Å². The lowest BCUT2D eigenvalue weighted by Gasteiger charge is -2.00. The number of aldehydes is 1. The number of halogens is 1. The molecule has 0 spiro atoms. The van der Waals surface area contributed by atoms with E-state index >= 15 is 0 Å². The van der Waals surface area contributed by atoms with Gasteiger partial charge in [0.1, 0.15) is 10.6 Å². The first kappa shape index (κ1) is 27.2. The van der Waals surface area contributed by atoms with Crippen LogP contribution in [0.1, 0.15) is 42.4 Å². The number of hydrogen-bond acceptors (Lipinski definition) is 9. The summed E-state index contributed by atoms with van der Waals surface area (Å²) < 4.78 is 22.9. The molecule has 0 aliphatic carbocycles. The van der Waals surface area contributed by atoms with Gasteiger partial charge in [0.15, 0.2) is 12.1 Å². The Labute approximate surface area is 195 Å². The Morgan fingerprint density at radius 2 is 1.66 bits per heavy atom. The fourth-order valence-corrected chi connectivity index (χ4v) is 3.44. The van der Waals surface area contributed by atoms with E-state index in [1.807, 2.05) is 20.0 Å². The van der Waals surface area contributed by atoms with Gasteiger partial charge in [-0.25, -0.2) is 9.18 Å². The molecular formula is C22H25FN2O5S2. The van der Waals surface area contributed by atoms with Gasteiger partial charge in [-0.2, -0.15) is 12.6 Å². The lowest BCUT2D eigenvalue weighted by atomic mass is 10.1. The zero-order valence-electron chi connectivity index (χ0n) is 18.7. The van der Waals surface area contributed by atoms with Crippen LogP contribution in [0, 0.1) is 33.5 Å². The van der Waals surface area contributed by atoms with Gasteiger partial charge < -0.3 is 9.47 Å². The van der Waals surface area contributed by atoms with Crippen LogP contribution in [0.4, 0.5) is 4.39 Å². The molecule has 3 aromatic rings. The summed E-state index contributed by atoms with van der Waals surface area (Å²) in [5, 5.41) is 0. The van der Waals surface area contributed by atoms with Gasteiger partial charge in [-0.1, -0.05) is 0 Å². The Morgan fingerprint density at radius 3 is 2.16 bits per heavy atom. The Balaban J connectivity index is 0.000000265. The number of thiol groups is 1. The molecule has 0 unspecified atom stereocenters. The molecule has 32 heavy (non-hydrogen) atoms. The second-order valence-corrected chi connectivity index (χ2v) is 7.87. The highest BCUT2D eigenvalue weighted by molar-refractivity contribution is 7.81. The predicted octanol–water partition coefficient (Wildman–Crippen LogP) is 4.44. The topological polar surface area (TPSA) is 95.5 Å². The molecule has 0 amide bonds. The quantitative estimate of drug-likeness (QED) is 0.336. The van der Waals surface area contributed by atoms with Crippen molar-refractivity contribution in [3.8, 4) is 0 Å². The van der Waals surface area contributed by atoms with Crippen molar-refractivity contribution in [1.82, 2.24) is 9.97 Å². The summed E-state index contributed by atoms with van der Waals surface area (Å²) >= 11 is 5.05. The maximum Gasteiger partial charge on any atom is 0.348 e. The largest absolute Gasteiger partial charge is 0.468 e. The van der Waals surface area contributed by atoms with E-state index in [0.717, 1.165) is 21.3 Å². The maximum absolute atomic E-state index is 13.0. The number of hydrogen-bond donors (Lipinski definition) is 1. The zero-order valence-corrected chi connectivity index (χ0v) is 20.4. The lowest BCUT2D eigenvalue weighted by molar-refractivity contribution is -0.137. The predicted molar refractivity (Wildman–Crippen MR) is 125 cm³/mol. The van der Waals surface area contributed by atoms with E-state index in [1.165, 1.54) is 37.3 Å². The number of ether oxygens (including phenoxy) is 2. The number of carbonyl (C=O) groups excluding carboxylic acids is 3. The molecule has 3 heterocycles. The fourth-order valence-electron chi connectivity index (χ4n) is 2.22. The normalized spacial score (nSPS) is 9.75. The second kappa shape index (κ2) is 12.9. The number of fused-ring (bicyclic) bond motifs is 1. The average molecular weight is 481 g/mol. The Kier molecular flexibility index (Phi) is 10.9. The third kappa shape index (κ3) is 7.10. The first-order valence-electron chi connectivity index (χ1n) is 9.29. The Hall–Kier alpha value is -2.85. The van der Waals surface area contributed by atoms with Gasteiger partial charge in [-0.05, 0) is 56.0 Å². The number of methoxy groups -OCH3 is 2. The van der Waals surface area contributed by atoms with Crippen molar-refractivity contribution < 1.29 is 28.2 Å². The van der Waals surface area contributed by atoms with Crippen LogP contribution in [0.15, 0.2) is 18.5 Å². The van der Waals surface area contributed by atoms with Crippen molar-refractivity contribution in [3.63, 3.8) is 0 Å². The number of rotatable bonds is 3. The molecular weight excluding hydrogens is 455 g/mol. The number of esters is 2. The van der Waals surface area contributed by atoms with E-state index in [9.17, 15) is 18.8 Å². The zero-order chi connectivity index (χ0) is 24.4. The highest BCUT2D eigenvalue weighted by Gasteiger charge is 2.13. The van der Waals surface area contributed by atoms with Gasteiger partial charge in [-0.15, -0.1) is 11.3 Å². The summed E-state index contributed by atoms with van der Waals surface area (Å²) in [7, 11) is 2.72. The summed E-state index contributed by atoms with van der Waals surface area (Å²) in [4.78, 5) is 39.9. The van der Waals surface area contributed by atoms with Crippen LogP contribution in [0.2, 0.25) is 0 Å². The summed E-state index contributed by atoms with van der Waals surface area (Å²) in [5.41, 5.74) is 4.31. The highest BCUT2D eigenvalue weighted by Crippen LogP contribution is 2.28. The van der Waals surface area contributed by atoms with Crippen LogP contribution in [0.3, 0.4) is 0 Å². The van der Waals surface area contributed by atoms with Crippen molar-refractivity contribution in [3.05, 3.63) is 57.1 Å². The lowest BCUT2D eigenvalue weighted by Crippen LogP contribution is -1.99.